The van der Waals surface area contributed by atoms with Crippen molar-refractivity contribution in [3.63, 3.8) is 0 Å². The second kappa shape index (κ2) is 5.05. The van der Waals surface area contributed by atoms with Crippen molar-refractivity contribution < 1.29 is 4.52 Å². The highest BCUT2D eigenvalue weighted by molar-refractivity contribution is 5.05. The minimum Gasteiger partial charge on any atom is -0.338 e. The van der Waals surface area contributed by atoms with Crippen LogP contribution >= 0.6 is 0 Å². The van der Waals surface area contributed by atoms with Crippen molar-refractivity contribution in [3.8, 4) is 0 Å². The highest BCUT2D eigenvalue weighted by Crippen LogP contribution is 2.38. The molecule has 2 heterocycles. The van der Waals surface area contributed by atoms with Gasteiger partial charge in [-0.05, 0) is 32.9 Å². The molecule has 1 aliphatic carbocycles. The van der Waals surface area contributed by atoms with Gasteiger partial charge >= 0.3 is 0 Å². The molecule has 0 spiro atoms. The van der Waals surface area contributed by atoms with E-state index < -0.39 is 0 Å². The number of hydrogen-bond donors (Lipinski definition) is 0. The first-order chi connectivity index (χ1) is 9.24. The molecule has 1 atom stereocenters. The van der Waals surface area contributed by atoms with E-state index in [2.05, 4.69) is 31.9 Å². The quantitative estimate of drug-likeness (QED) is 0.817. The van der Waals surface area contributed by atoms with Gasteiger partial charge in [-0.1, -0.05) is 5.16 Å². The van der Waals surface area contributed by atoms with Crippen LogP contribution in [0.3, 0.4) is 0 Å². The average molecular weight is 259 g/mol. The molecule has 1 aliphatic rings. The van der Waals surface area contributed by atoms with E-state index in [1.54, 1.807) is 12.5 Å². The molecular formula is C13H17N5O. The van der Waals surface area contributed by atoms with Crippen molar-refractivity contribution in [3.05, 3.63) is 36.0 Å². The van der Waals surface area contributed by atoms with Gasteiger partial charge in [0, 0.05) is 18.2 Å². The van der Waals surface area contributed by atoms with Crippen molar-refractivity contribution in [1.29, 1.82) is 0 Å². The fourth-order valence-corrected chi connectivity index (χ4v) is 1.96. The Morgan fingerprint density at radius 2 is 2.32 bits per heavy atom. The molecule has 6 nitrogen and oxygen atoms in total. The van der Waals surface area contributed by atoms with Gasteiger partial charge in [0.05, 0.1) is 12.2 Å². The lowest BCUT2D eigenvalue weighted by atomic mass is 10.2. The molecule has 0 N–H and O–H groups in total. The third-order valence-electron chi connectivity index (χ3n) is 3.50. The van der Waals surface area contributed by atoms with Gasteiger partial charge in [-0.15, -0.1) is 0 Å². The highest BCUT2D eigenvalue weighted by atomic mass is 16.5. The zero-order chi connectivity index (χ0) is 13.2. The molecule has 0 radical (unpaired) electrons. The average Bonchev–Trinajstić information content (AvgIpc) is 3.20. The van der Waals surface area contributed by atoms with E-state index in [1.165, 1.54) is 12.8 Å². The molecule has 6 heteroatoms. The Bertz CT molecular complexity index is 537. The second-order valence-corrected chi connectivity index (χ2v) is 5.05. The maximum absolute atomic E-state index is 5.29. The zero-order valence-electron chi connectivity index (χ0n) is 11.2. The molecule has 1 saturated carbocycles. The Balaban J connectivity index is 1.64. The van der Waals surface area contributed by atoms with Crippen molar-refractivity contribution in [2.24, 2.45) is 0 Å². The van der Waals surface area contributed by atoms with Crippen LogP contribution in [0.2, 0.25) is 0 Å². The monoisotopic (exact) mass is 259 g/mol. The molecule has 3 rings (SSSR count). The molecule has 0 saturated heterocycles. The Hall–Kier alpha value is -1.82. The third kappa shape index (κ3) is 2.78. The topological polar surface area (TPSA) is 67.9 Å². The van der Waals surface area contributed by atoms with Gasteiger partial charge in [0.2, 0.25) is 5.89 Å². The standard InChI is InChI=1S/C13H17N5O/c1-9(11-5-6-14-8-15-11)18(2)7-12-16-13(17-19-12)10-3-4-10/h5-6,8-10H,3-4,7H2,1-2H3/t9-/m1/s1. The lowest BCUT2D eigenvalue weighted by Crippen LogP contribution is -2.22. The molecule has 0 bridgehead atoms. The van der Waals surface area contributed by atoms with Crippen molar-refractivity contribution >= 4 is 0 Å². The Morgan fingerprint density at radius 1 is 1.47 bits per heavy atom. The van der Waals surface area contributed by atoms with Crippen LogP contribution in [-0.4, -0.2) is 32.1 Å². The van der Waals surface area contributed by atoms with Gasteiger partial charge in [-0.3, -0.25) is 4.90 Å². The summed E-state index contributed by atoms with van der Waals surface area (Å²) in [4.78, 5) is 14.8. The van der Waals surface area contributed by atoms with Gasteiger partial charge in [0.15, 0.2) is 5.82 Å². The normalized spacial score (nSPS) is 16.8. The van der Waals surface area contributed by atoms with Gasteiger partial charge in [-0.2, -0.15) is 4.98 Å². The van der Waals surface area contributed by atoms with E-state index in [0.717, 1.165) is 11.5 Å². The number of hydrogen-bond acceptors (Lipinski definition) is 6. The molecule has 2 aromatic rings. The summed E-state index contributed by atoms with van der Waals surface area (Å²) in [6.45, 7) is 2.73. The number of nitrogens with zero attached hydrogens (tertiary/aromatic N) is 5. The van der Waals surface area contributed by atoms with Crippen LogP contribution in [0.5, 0.6) is 0 Å². The van der Waals surface area contributed by atoms with Gasteiger partial charge in [0.1, 0.15) is 6.33 Å². The molecule has 0 unspecified atom stereocenters. The van der Waals surface area contributed by atoms with Crippen LogP contribution in [0, 0.1) is 0 Å². The minimum atomic E-state index is 0.180. The minimum absolute atomic E-state index is 0.180. The lowest BCUT2D eigenvalue weighted by Gasteiger charge is -2.22. The molecule has 0 aliphatic heterocycles. The first-order valence-corrected chi connectivity index (χ1v) is 6.52. The Labute approximate surface area is 111 Å². The first-order valence-electron chi connectivity index (χ1n) is 6.52. The summed E-state index contributed by atoms with van der Waals surface area (Å²) >= 11 is 0. The van der Waals surface area contributed by atoms with Crippen molar-refractivity contribution in [1.82, 2.24) is 25.0 Å². The molecule has 0 aromatic carbocycles. The summed E-state index contributed by atoms with van der Waals surface area (Å²) in [6.07, 6.45) is 5.69. The van der Waals surface area contributed by atoms with Gasteiger partial charge in [0.25, 0.3) is 0 Å². The predicted octanol–water partition coefficient (Wildman–Crippen LogP) is 1.93. The highest BCUT2D eigenvalue weighted by Gasteiger charge is 2.29. The Morgan fingerprint density at radius 3 is 3.00 bits per heavy atom. The summed E-state index contributed by atoms with van der Waals surface area (Å²) in [7, 11) is 2.02. The summed E-state index contributed by atoms with van der Waals surface area (Å²) in [5, 5.41) is 4.02. The maximum atomic E-state index is 5.29. The number of aromatic nitrogens is 4. The summed E-state index contributed by atoms with van der Waals surface area (Å²) in [6, 6.07) is 2.10. The fraction of sp³-hybridized carbons (Fsp3) is 0.538. The van der Waals surface area contributed by atoms with Gasteiger partial charge < -0.3 is 4.52 Å². The molecule has 0 amide bonds. The van der Waals surface area contributed by atoms with E-state index in [4.69, 9.17) is 4.52 Å². The van der Waals surface area contributed by atoms with E-state index >= 15 is 0 Å². The van der Waals surface area contributed by atoms with E-state index in [1.807, 2.05) is 13.1 Å². The van der Waals surface area contributed by atoms with E-state index in [-0.39, 0.29) is 6.04 Å². The van der Waals surface area contributed by atoms with Crippen LogP contribution in [-0.2, 0) is 6.54 Å². The van der Waals surface area contributed by atoms with Crippen molar-refractivity contribution in [2.45, 2.75) is 38.3 Å². The van der Waals surface area contributed by atoms with Crippen LogP contribution in [0.4, 0.5) is 0 Å². The van der Waals surface area contributed by atoms with E-state index in [9.17, 15) is 0 Å². The largest absolute Gasteiger partial charge is 0.338 e. The second-order valence-electron chi connectivity index (χ2n) is 5.05. The smallest absolute Gasteiger partial charge is 0.240 e. The van der Waals surface area contributed by atoms with Crippen LogP contribution in [0.15, 0.2) is 23.1 Å². The zero-order valence-corrected chi connectivity index (χ0v) is 11.2. The Kier molecular flexibility index (Phi) is 3.25. The first kappa shape index (κ1) is 12.2. The fourth-order valence-electron chi connectivity index (χ4n) is 1.96. The molecule has 100 valence electrons. The van der Waals surface area contributed by atoms with Crippen LogP contribution < -0.4 is 0 Å². The third-order valence-corrected chi connectivity index (χ3v) is 3.50. The summed E-state index contributed by atoms with van der Waals surface area (Å²) in [5.41, 5.74) is 0.986. The van der Waals surface area contributed by atoms with Crippen LogP contribution in [0.25, 0.3) is 0 Å². The molecule has 2 aromatic heterocycles. The van der Waals surface area contributed by atoms with Gasteiger partial charge in [-0.25, -0.2) is 9.97 Å². The molecule has 1 fully saturated rings. The molecular weight excluding hydrogens is 242 g/mol. The summed E-state index contributed by atoms with van der Waals surface area (Å²) in [5.74, 6) is 2.06. The van der Waals surface area contributed by atoms with Crippen LogP contribution in [0.1, 0.15) is 49.1 Å². The lowest BCUT2D eigenvalue weighted by molar-refractivity contribution is 0.213. The van der Waals surface area contributed by atoms with E-state index in [0.29, 0.717) is 18.4 Å². The van der Waals surface area contributed by atoms with Crippen molar-refractivity contribution in [2.75, 3.05) is 7.05 Å². The maximum Gasteiger partial charge on any atom is 0.240 e. The summed E-state index contributed by atoms with van der Waals surface area (Å²) < 4.78 is 5.29. The number of rotatable bonds is 5. The SMILES string of the molecule is C[C@H](c1ccncn1)N(C)Cc1nc(C2CC2)no1. The predicted molar refractivity (Wildman–Crippen MR) is 68.2 cm³/mol. The molecule has 19 heavy (non-hydrogen) atoms.